The molecule has 102 heavy (non-hydrogen) atoms. The number of esters is 9. The molecule has 3 aliphatic heterocycles. The fourth-order valence-electron chi connectivity index (χ4n) is 10.8. The van der Waals surface area contributed by atoms with Gasteiger partial charge < -0.3 is 57.3 Å². The topological polar surface area (TPSA) is 307 Å². The molecule has 3 saturated heterocycles. The lowest BCUT2D eigenvalue weighted by Gasteiger charge is -2.40. The number of benzene rings is 3. The summed E-state index contributed by atoms with van der Waals surface area (Å²) in [7, 11) is 0. The molecule has 3 fully saturated rings. The maximum atomic E-state index is 12.7. The summed E-state index contributed by atoms with van der Waals surface area (Å²) >= 11 is 0. The molecule has 3 aromatic rings. The summed E-state index contributed by atoms with van der Waals surface area (Å²) < 4.78 is 47.4. The van der Waals surface area contributed by atoms with Crippen molar-refractivity contribution in [2.45, 2.75) is 196 Å². The Morgan fingerprint density at radius 3 is 0.775 bits per heavy atom. The third-order valence-corrected chi connectivity index (χ3v) is 15.6. The van der Waals surface area contributed by atoms with Crippen LogP contribution in [0.4, 0.5) is 0 Å². The molecule has 3 atom stereocenters. The summed E-state index contributed by atoms with van der Waals surface area (Å²) in [5.41, 5.74) is 0.952. The Labute approximate surface area is 600 Å². The summed E-state index contributed by atoms with van der Waals surface area (Å²) in [6.07, 6.45) is 2.29. The van der Waals surface area contributed by atoms with Crippen molar-refractivity contribution in [3.8, 4) is 0 Å². The predicted octanol–water partition coefficient (Wildman–Crippen LogP) is 6.95. The molecule has 3 unspecified atom stereocenters. The molecule has 3 aliphatic rings. The fraction of sp³-hybridized carbons (Fsp3) is 0.600. The van der Waals surface area contributed by atoms with Crippen molar-refractivity contribution in [2.75, 3.05) is 98.4 Å². The molecule has 0 saturated carbocycles. The lowest BCUT2D eigenvalue weighted by Crippen LogP contribution is -2.57. The van der Waals surface area contributed by atoms with Gasteiger partial charge in [0.15, 0.2) is 0 Å². The molecule has 0 radical (unpaired) electrons. The van der Waals surface area contributed by atoms with Gasteiger partial charge >= 0.3 is 53.7 Å². The first-order valence-corrected chi connectivity index (χ1v) is 34.8. The van der Waals surface area contributed by atoms with Gasteiger partial charge in [-0.3, -0.25) is 72.2 Å². The minimum absolute atomic E-state index is 0.0541. The van der Waals surface area contributed by atoms with E-state index in [0.717, 1.165) is 16.7 Å². The number of carbonyl (C=O) groups excluding carboxylic acids is 12. The molecule has 27 heteroatoms. The Hall–Kier alpha value is -8.82. The smallest absolute Gasteiger partial charge is 0.320 e. The summed E-state index contributed by atoms with van der Waals surface area (Å²) in [6.45, 7) is 24.9. The van der Waals surface area contributed by atoms with Crippen LogP contribution in [0.2, 0.25) is 0 Å². The van der Waals surface area contributed by atoms with E-state index in [-0.39, 0.29) is 169 Å². The number of hydrogen-bond donors (Lipinski definition) is 0. The van der Waals surface area contributed by atoms with Gasteiger partial charge in [0, 0.05) is 118 Å². The van der Waals surface area contributed by atoms with Crippen LogP contribution in [0.15, 0.2) is 91.0 Å². The van der Waals surface area contributed by atoms with Gasteiger partial charge in [-0.25, -0.2) is 0 Å². The van der Waals surface area contributed by atoms with E-state index in [0.29, 0.717) is 78.2 Å². The van der Waals surface area contributed by atoms with Crippen LogP contribution in [0, 0.1) is 0 Å². The number of amides is 3. The summed E-state index contributed by atoms with van der Waals surface area (Å²) in [6, 6.07) is 27.3. The summed E-state index contributed by atoms with van der Waals surface area (Å²) in [5.74, 6) is -3.64. The lowest BCUT2D eigenvalue weighted by molar-refractivity contribution is -0.160. The normalized spacial score (nSPS) is 16.6. The van der Waals surface area contributed by atoms with Crippen LogP contribution in [0.25, 0.3) is 0 Å². The van der Waals surface area contributed by atoms with Crippen LogP contribution in [0.1, 0.15) is 158 Å². The molecule has 6 rings (SSSR count). The predicted molar refractivity (Wildman–Crippen MR) is 374 cm³/mol. The molecule has 0 aromatic heterocycles. The molecule has 3 aromatic carbocycles. The van der Waals surface area contributed by atoms with Crippen molar-refractivity contribution in [3.05, 3.63) is 108 Å². The molecule has 0 bridgehead atoms. The highest BCUT2D eigenvalue weighted by molar-refractivity contribution is 5.80. The van der Waals surface area contributed by atoms with Gasteiger partial charge in [-0.15, -0.1) is 0 Å². The maximum absolute atomic E-state index is 12.7. The zero-order chi connectivity index (χ0) is 75.4. The number of piperazine rings is 3. The first-order chi connectivity index (χ1) is 48.1. The third-order valence-electron chi connectivity index (χ3n) is 15.6. The second kappa shape index (κ2) is 43.9. The lowest BCUT2D eigenvalue weighted by atomic mass is 10.1. The quantitative estimate of drug-likeness (QED) is 0.0481. The molecule has 3 amide bonds. The average Bonchev–Trinajstić information content (AvgIpc) is 0.851. The second-order valence-electron chi connectivity index (χ2n) is 28.1. The maximum Gasteiger partial charge on any atom is 0.320 e. The monoisotopic (exact) mass is 1430 g/mol. The molecule has 27 nitrogen and oxygen atoms in total. The van der Waals surface area contributed by atoms with Crippen molar-refractivity contribution < 1.29 is 100 Å². The van der Waals surface area contributed by atoms with Crippen molar-refractivity contribution >= 4 is 71.4 Å². The molecule has 3 heterocycles. The Morgan fingerprint density at radius 2 is 0.559 bits per heavy atom. The zero-order valence-electron chi connectivity index (χ0n) is 61.7. The fourth-order valence-corrected chi connectivity index (χ4v) is 10.8. The molecule has 0 aliphatic carbocycles. The van der Waals surface area contributed by atoms with Gasteiger partial charge in [0.1, 0.15) is 56.4 Å². The van der Waals surface area contributed by atoms with Crippen molar-refractivity contribution in [1.82, 2.24) is 29.4 Å². The average molecular weight is 1430 g/mol. The number of hydrogen-bond acceptors (Lipinski definition) is 24. The van der Waals surface area contributed by atoms with E-state index < -0.39 is 34.7 Å². The van der Waals surface area contributed by atoms with E-state index in [9.17, 15) is 57.5 Å². The Morgan fingerprint density at radius 1 is 0.324 bits per heavy atom. The second-order valence-corrected chi connectivity index (χ2v) is 28.1. The van der Waals surface area contributed by atoms with E-state index in [1.54, 1.807) is 77.0 Å². The van der Waals surface area contributed by atoms with E-state index in [2.05, 4.69) is 0 Å². The molecule has 0 spiro atoms. The molecule has 0 N–H and O–H groups in total. The molecular formula is C75H108N6O21. The van der Waals surface area contributed by atoms with Gasteiger partial charge in [0.2, 0.25) is 17.7 Å². The van der Waals surface area contributed by atoms with Gasteiger partial charge in [-0.2, -0.15) is 0 Å². The van der Waals surface area contributed by atoms with Gasteiger partial charge in [0.25, 0.3) is 0 Å². The van der Waals surface area contributed by atoms with Gasteiger partial charge in [0.05, 0.1) is 37.8 Å². The van der Waals surface area contributed by atoms with Gasteiger partial charge in [-0.05, 0) is 98.3 Å². The highest BCUT2D eigenvalue weighted by atomic mass is 16.6. The molecule has 564 valence electrons. The number of carbonyl (C=O) groups is 12. The van der Waals surface area contributed by atoms with Crippen molar-refractivity contribution in [2.24, 2.45) is 0 Å². The van der Waals surface area contributed by atoms with Crippen LogP contribution in [-0.4, -0.2) is 234 Å². The Balaban J connectivity index is 0.000000324. The minimum atomic E-state index is -0.595. The SMILES string of the molecule is CC(=O)OCC1CN(C(=O)CCCC(=O)OCc2ccccc2)CCN1CC(=O)OC(C)(C)C.CC(=O)OCC1CN(C(=O)CCCC(=O)OCc2ccccc2)CCN1CC(=O)OC(C)(C)C.CC(=O)OCC1CN(C(=O)CCCC(=O)OCc2ccccc2)CCN1CC(=O)OC(C)(C)C. The van der Waals surface area contributed by atoms with Crippen molar-refractivity contribution in [3.63, 3.8) is 0 Å². The highest BCUT2D eigenvalue weighted by Gasteiger charge is 2.36. The third kappa shape index (κ3) is 37.2. The van der Waals surface area contributed by atoms with E-state index in [4.69, 9.17) is 42.6 Å². The Bertz CT molecular complexity index is 2840. The first-order valence-electron chi connectivity index (χ1n) is 34.8. The van der Waals surface area contributed by atoms with Crippen LogP contribution >= 0.6 is 0 Å². The van der Waals surface area contributed by atoms with E-state index in [1.807, 2.05) is 106 Å². The largest absolute Gasteiger partial charge is 0.464 e. The Kier molecular flexibility index (Phi) is 36.8. The first kappa shape index (κ1) is 85.6. The van der Waals surface area contributed by atoms with Crippen LogP contribution < -0.4 is 0 Å². The van der Waals surface area contributed by atoms with E-state index in [1.165, 1.54) is 20.8 Å². The summed E-state index contributed by atoms with van der Waals surface area (Å²) in [4.78, 5) is 156. The number of ether oxygens (including phenoxy) is 9. The number of nitrogens with zero attached hydrogens (tertiary/aromatic N) is 6. The summed E-state index contributed by atoms with van der Waals surface area (Å²) in [5, 5.41) is 0. The zero-order valence-corrected chi connectivity index (χ0v) is 61.7. The van der Waals surface area contributed by atoms with Crippen molar-refractivity contribution in [1.29, 1.82) is 0 Å². The molecular weight excluding hydrogens is 1320 g/mol. The minimum Gasteiger partial charge on any atom is -0.464 e. The number of rotatable bonds is 30. The van der Waals surface area contributed by atoms with E-state index >= 15 is 0 Å². The van der Waals surface area contributed by atoms with Crippen LogP contribution in [0.3, 0.4) is 0 Å². The van der Waals surface area contributed by atoms with Gasteiger partial charge in [-0.1, -0.05) is 91.0 Å². The van der Waals surface area contributed by atoms with Crippen LogP contribution in [-0.2, 0) is 120 Å². The van der Waals surface area contributed by atoms with Crippen LogP contribution in [0.5, 0.6) is 0 Å². The standard InChI is InChI=1S/3C25H36N2O7/c3*1-19(28)32-18-21-15-27(14-13-26(21)16-24(31)34-25(2,3)4)22(29)11-8-12-23(30)33-17-20-9-6-5-7-10-20/h3*5-7,9-10,21H,8,11-18H2,1-4H3. The highest BCUT2D eigenvalue weighted by Crippen LogP contribution is 2.20.